The van der Waals surface area contributed by atoms with Gasteiger partial charge in [0, 0.05) is 33.6 Å². The highest BCUT2D eigenvalue weighted by Gasteiger charge is 2.67. The largest absolute Gasteiger partial charge is 0.335 e. The zero-order chi connectivity index (χ0) is 30.4. The average molecular weight is 583 g/mol. The molecule has 4 heterocycles. The Morgan fingerprint density at radius 1 is 0.545 bits per heavy atom. The van der Waals surface area contributed by atoms with Gasteiger partial charge in [-0.2, -0.15) is 0 Å². The lowest BCUT2D eigenvalue weighted by Gasteiger charge is -2.57. The van der Waals surface area contributed by atoms with Crippen LogP contribution in [-0.4, -0.2) is 17.8 Å². The minimum atomic E-state index is 0.154. The highest BCUT2D eigenvalue weighted by atomic mass is 15.3. The number of benzene rings is 3. The molecule has 4 aliphatic heterocycles. The Labute approximate surface area is 266 Å². The van der Waals surface area contributed by atoms with Gasteiger partial charge >= 0.3 is 0 Å². The van der Waals surface area contributed by atoms with Crippen molar-refractivity contribution in [2.75, 3.05) is 9.80 Å². The Kier molecular flexibility index (Phi) is 5.51. The molecule has 2 saturated carbocycles. The average Bonchev–Trinajstić information content (AvgIpc) is 3.45. The van der Waals surface area contributed by atoms with Crippen molar-refractivity contribution >= 4 is 45.9 Å². The number of hydrogen-bond donors (Lipinski definition) is 0. The number of rotatable bonds is 4. The second-order valence-electron chi connectivity index (χ2n) is 15.9. The Morgan fingerprint density at radius 2 is 0.955 bits per heavy atom. The van der Waals surface area contributed by atoms with E-state index in [1.165, 1.54) is 93.7 Å². The van der Waals surface area contributed by atoms with E-state index in [1.807, 2.05) is 0 Å². The maximum absolute atomic E-state index is 2.99. The second kappa shape index (κ2) is 8.77. The summed E-state index contributed by atoms with van der Waals surface area (Å²) in [6, 6.07) is 15.7. The normalized spacial score (nSPS) is 31.8. The molecule has 0 amide bonds. The van der Waals surface area contributed by atoms with Gasteiger partial charge in [-0.15, -0.1) is 0 Å². The number of anilines is 4. The maximum Gasteiger partial charge on any atom is 0.252 e. The predicted octanol–water partition coefficient (Wildman–Crippen LogP) is 8.80. The van der Waals surface area contributed by atoms with Crippen LogP contribution in [0.5, 0.6) is 0 Å². The Hall–Kier alpha value is -2.68. The smallest absolute Gasteiger partial charge is 0.252 e. The lowest BCUT2D eigenvalue weighted by molar-refractivity contribution is 0.147. The molecule has 3 aromatic rings. The van der Waals surface area contributed by atoms with Gasteiger partial charge < -0.3 is 9.80 Å². The van der Waals surface area contributed by atoms with Crippen LogP contribution < -0.4 is 26.2 Å². The summed E-state index contributed by atoms with van der Waals surface area (Å²) in [6.45, 7) is 17.5. The van der Waals surface area contributed by atoms with Crippen molar-refractivity contribution < 1.29 is 0 Å². The molecule has 2 fully saturated rings. The third-order valence-corrected chi connectivity index (χ3v) is 14.6. The van der Waals surface area contributed by atoms with Gasteiger partial charge in [-0.1, -0.05) is 88.8 Å². The van der Waals surface area contributed by atoms with E-state index in [4.69, 9.17) is 0 Å². The molecule has 6 aliphatic rings. The van der Waals surface area contributed by atoms with E-state index in [0.717, 1.165) is 0 Å². The summed E-state index contributed by atoms with van der Waals surface area (Å²) in [5, 5.41) is 0. The van der Waals surface area contributed by atoms with Crippen molar-refractivity contribution in [1.82, 2.24) is 0 Å². The monoisotopic (exact) mass is 582 g/mol. The molecule has 44 heavy (non-hydrogen) atoms. The van der Waals surface area contributed by atoms with E-state index >= 15 is 0 Å². The summed E-state index contributed by atoms with van der Waals surface area (Å²) in [5.74, 6) is 0. The fourth-order valence-corrected chi connectivity index (χ4v) is 13.1. The molecular weight excluding hydrogens is 531 g/mol. The van der Waals surface area contributed by atoms with E-state index in [0.29, 0.717) is 6.71 Å². The molecule has 2 nitrogen and oxygen atoms in total. The summed E-state index contributed by atoms with van der Waals surface area (Å²) in [7, 11) is 0. The second-order valence-corrected chi connectivity index (χ2v) is 15.9. The van der Waals surface area contributed by atoms with Gasteiger partial charge in [-0.3, -0.25) is 0 Å². The van der Waals surface area contributed by atoms with E-state index in [9.17, 15) is 0 Å². The SMILES string of the molecule is CCC12CCCCC1(CC)N1c3cc(C)cc4c3B(c3cc(C)cc2c31)c1cc(C)cc2c1N4C1(CC)CCCCC21CC. The Morgan fingerprint density at radius 3 is 1.36 bits per heavy atom. The standard InChI is InChI=1S/C41H51BN2/c1-8-38-16-12-14-18-40(38,10-3)43-33-24-28(7)25-34-35(33)42(31-22-26(5)20-29(38)36(31)43)32-23-27(6)21-30-37(32)44(34)41(11-4)19-15-13-17-39(30,41)9-2/h20-25H,8-19H2,1-7H3. The fraction of sp³-hybridized carbons (Fsp3) is 0.561. The van der Waals surface area contributed by atoms with Crippen LogP contribution in [-0.2, 0) is 10.8 Å². The van der Waals surface area contributed by atoms with Gasteiger partial charge in [0.15, 0.2) is 0 Å². The van der Waals surface area contributed by atoms with Crippen LogP contribution in [0.3, 0.4) is 0 Å². The van der Waals surface area contributed by atoms with E-state index < -0.39 is 0 Å². The first-order valence-corrected chi connectivity index (χ1v) is 18.3. The van der Waals surface area contributed by atoms with Gasteiger partial charge in [0.05, 0.1) is 11.1 Å². The van der Waals surface area contributed by atoms with Crippen LogP contribution in [0.4, 0.5) is 22.7 Å². The molecule has 3 aromatic carbocycles. The third kappa shape index (κ3) is 2.73. The van der Waals surface area contributed by atoms with Crippen molar-refractivity contribution in [2.24, 2.45) is 0 Å². The van der Waals surface area contributed by atoms with Crippen LogP contribution >= 0.6 is 0 Å². The zero-order valence-corrected chi connectivity index (χ0v) is 28.4. The van der Waals surface area contributed by atoms with Crippen LogP contribution in [0, 0.1) is 20.8 Å². The highest BCUT2D eigenvalue weighted by Crippen LogP contribution is 2.67. The molecule has 0 bridgehead atoms. The third-order valence-electron chi connectivity index (χ3n) is 14.6. The molecule has 3 heteroatoms. The van der Waals surface area contributed by atoms with Crippen LogP contribution in [0.25, 0.3) is 0 Å². The van der Waals surface area contributed by atoms with E-state index in [1.54, 1.807) is 50.3 Å². The van der Waals surface area contributed by atoms with Crippen LogP contribution in [0.1, 0.15) is 133 Å². The summed E-state index contributed by atoms with van der Waals surface area (Å²) in [5.41, 5.74) is 19.6. The summed E-state index contributed by atoms with van der Waals surface area (Å²) in [6.07, 6.45) is 15.6. The van der Waals surface area contributed by atoms with E-state index in [-0.39, 0.29) is 21.9 Å². The summed E-state index contributed by atoms with van der Waals surface area (Å²) >= 11 is 0. The highest BCUT2D eigenvalue weighted by molar-refractivity contribution is 7.00. The van der Waals surface area contributed by atoms with Gasteiger partial charge in [0.2, 0.25) is 0 Å². The van der Waals surface area contributed by atoms with Gasteiger partial charge in [0.25, 0.3) is 6.71 Å². The first kappa shape index (κ1) is 27.6. The van der Waals surface area contributed by atoms with Crippen molar-refractivity contribution in [3.8, 4) is 0 Å². The molecule has 0 aromatic heterocycles. The maximum atomic E-state index is 2.99. The first-order valence-electron chi connectivity index (χ1n) is 18.3. The zero-order valence-electron chi connectivity index (χ0n) is 28.4. The topological polar surface area (TPSA) is 6.48 Å². The molecule has 0 spiro atoms. The number of fused-ring (bicyclic) bond motifs is 10. The van der Waals surface area contributed by atoms with Gasteiger partial charge in [-0.05, 0) is 117 Å². The minimum Gasteiger partial charge on any atom is -0.335 e. The van der Waals surface area contributed by atoms with Crippen molar-refractivity contribution in [3.63, 3.8) is 0 Å². The molecular formula is C41H51BN2. The number of hydrogen-bond acceptors (Lipinski definition) is 2. The van der Waals surface area contributed by atoms with Crippen molar-refractivity contribution in [3.05, 3.63) is 64.2 Å². The Bertz CT molecular complexity index is 1630. The van der Waals surface area contributed by atoms with Gasteiger partial charge in [0.1, 0.15) is 0 Å². The lowest BCUT2D eigenvalue weighted by atomic mass is 9.33. The molecule has 4 atom stereocenters. The van der Waals surface area contributed by atoms with Crippen molar-refractivity contribution in [2.45, 2.75) is 147 Å². The fourth-order valence-electron chi connectivity index (χ4n) is 13.1. The summed E-state index contributed by atoms with van der Waals surface area (Å²) in [4.78, 5) is 5.98. The molecule has 2 aliphatic carbocycles. The lowest BCUT2D eigenvalue weighted by Crippen LogP contribution is -2.67. The quantitative estimate of drug-likeness (QED) is 0.284. The molecule has 228 valence electrons. The molecule has 9 rings (SSSR count). The predicted molar refractivity (Wildman–Crippen MR) is 189 cm³/mol. The Balaban J connectivity index is 1.46. The van der Waals surface area contributed by atoms with Crippen LogP contribution in [0.2, 0.25) is 0 Å². The minimum absolute atomic E-state index is 0.154. The summed E-state index contributed by atoms with van der Waals surface area (Å²) < 4.78 is 0. The van der Waals surface area contributed by atoms with Gasteiger partial charge in [-0.25, -0.2) is 0 Å². The number of nitrogens with zero attached hydrogens (tertiary/aromatic N) is 2. The molecule has 0 radical (unpaired) electrons. The molecule has 0 saturated heterocycles. The molecule has 0 N–H and O–H groups in total. The van der Waals surface area contributed by atoms with Crippen LogP contribution in [0.15, 0.2) is 36.4 Å². The van der Waals surface area contributed by atoms with E-state index in [2.05, 4.69) is 94.7 Å². The molecule has 4 unspecified atom stereocenters. The number of aryl methyl sites for hydroxylation is 3. The van der Waals surface area contributed by atoms with Crippen molar-refractivity contribution in [1.29, 1.82) is 0 Å². The first-order chi connectivity index (χ1) is 21.3.